The second kappa shape index (κ2) is 10.6. The van der Waals surface area contributed by atoms with Gasteiger partial charge in [0.2, 0.25) is 5.91 Å². The van der Waals surface area contributed by atoms with Crippen LogP contribution >= 0.6 is 11.8 Å². The third-order valence-electron chi connectivity index (χ3n) is 5.54. The van der Waals surface area contributed by atoms with Crippen molar-refractivity contribution in [1.29, 1.82) is 0 Å². The predicted octanol–water partition coefficient (Wildman–Crippen LogP) is 5.81. The molecule has 0 saturated carbocycles. The summed E-state index contributed by atoms with van der Waals surface area (Å²) in [5.41, 5.74) is 3.19. The summed E-state index contributed by atoms with van der Waals surface area (Å²) in [6.07, 6.45) is -3.34. The Labute approximate surface area is 224 Å². The number of alkyl halides is 3. The number of anilines is 2. The van der Waals surface area contributed by atoms with Crippen molar-refractivity contribution in [2.24, 2.45) is 4.99 Å². The Morgan fingerprint density at radius 3 is 2.46 bits per heavy atom. The molecule has 1 aliphatic heterocycles. The third kappa shape index (κ3) is 6.09. The molecule has 39 heavy (non-hydrogen) atoms. The molecule has 1 N–H and O–H groups in total. The van der Waals surface area contributed by atoms with E-state index in [9.17, 15) is 22.8 Å². The molecule has 3 aromatic carbocycles. The van der Waals surface area contributed by atoms with E-state index >= 15 is 0 Å². The lowest BCUT2D eigenvalue weighted by Gasteiger charge is -2.18. The highest BCUT2D eigenvalue weighted by Gasteiger charge is 2.32. The highest BCUT2D eigenvalue weighted by atomic mass is 32.2. The molecule has 3 amide bonds. The third-order valence-corrected chi connectivity index (χ3v) is 6.46. The van der Waals surface area contributed by atoms with E-state index in [0.717, 1.165) is 5.56 Å². The molecule has 0 atom stereocenters. The van der Waals surface area contributed by atoms with Crippen LogP contribution in [0.2, 0.25) is 0 Å². The summed E-state index contributed by atoms with van der Waals surface area (Å²) in [6, 6.07) is 18.7. The van der Waals surface area contributed by atoms with Gasteiger partial charge in [-0.15, -0.1) is 18.3 Å². The minimum absolute atomic E-state index is 0.150. The summed E-state index contributed by atoms with van der Waals surface area (Å²) >= 11 is 1.19. The molecule has 0 radical (unpaired) electrons. The van der Waals surface area contributed by atoms with Gasteiger partial charge in [-0.1, -0.05) is 30.0 Å². The average Bonchev–Trinajstić information content (AvgIpc) is 3.52. The van der Waals surface area contributed by atoms with E-state index < -0.39 is 12.4 Å². The van der Waals surface area contributed by atoms with Crippen LogP contribution in [0, 0.1) is 6.92 Å². The van der Waals surface area contributed by atoms with Gasteiger partial charge in [0.15, 0.2) is 11.0 Å². The summed E-state index contributed by atoms with van der Waals surface area (Å²) in [5.74, 6) is 0.0804. The van der Waals surface area contributed by atoms with Crippen LogP contribution in [0.25, 0.3) is 17.1 Å². The first-order chi connectivity index (χ1) is 18.7. The average molecular weight is 553 g/mol. The molecule has 4 aromatic rings. The fraction of sp³-hybridized carbons (Fsp3) is 0.115. The molecule has 13 heteroatoms. The first kappa shape index (κ1) is 26.0. The smallest absolute Gasteiger partial charge is 0.406 e. The topological polar surface area (TPSA) is 102 Å². The number of aryl methyl sites for hydroxylation is 1. The SMILES string of the molecule is Cc1ccccc1N1C(=O)CS/C1=N\C(=O)Nc1ccc(-c2ncn(-c3ccc(OC(F)(F)F)cc3)n2)cc1. The number of nitrogens with zero attached hydrogens (tertiary/aromatic N) is 5. The van der Waals surface area contributed by atoms with Crippen LogP contribution in [0.4, 0.5) is 29.3 Å². The van der Waals surface area contributed by atoms with Gasteiger partial charge in [-0.2, -0.15) is 4.99 Å². The van der Waals surface area contributed by atoms with Crippen LogP contribution in [0.3, 0.4) is 0 Å². The van der Waals surface area contributed by atoms with E-state index in [0.29, 0.717) is 33.6 Å². The number of benzene rings is 3. The van der Waals surface area contributed by atoms with Crippen molar-refractivity contribution in [3.8, 4) is 22.8 Å². The van der Waals surface area contributed by atoms with Crippen LogP contribution in [-0.2, 0) is 4.79 Å². The molecule has 1 aliphatic rings. The summed E-state index contributed by atoms with van der Waals surface area (Å²) < 4.78 is 42.4. The van der Waals surface area contributed by atoms with Crippen molar-refractivity contribution in [2.45, 2.75) is 13.3 Å². The lowest BCUT2D eigenvalue weighted by Crippen LogP contribution is -2.30. The second-order valence-corrected chi connectivity index (χ2v) is 9.20. The Bertz CT molecular complexity index is 1550. The summed E-state index contributed by atoms with van der Waals surface area (Å²) in [6.45, 7) is 1.88. The number of hydrogen-bond donors (Lipinski definition) is 1. The zero-order chi connectivity index (χ0) is 27.6. The molecule has 0 aliphatic carbocycles. The van der Waals surface area contributed by atoms with Gasteiger partial charge < -0.3 is 10.1 Å². The maximum absolute atomic E-state index is 12.6. The van der Waals surface area contributed by atoms with Crippen molar-refractivity contribution in [3.05, 3.63) is 84.7 Å². The van der Waals surface area contributed by atoms with Crippen LogP contribution in [0.1, 0.15) is 5.56 Å². The molecule has 2 heterocycles. The van der Waals surface area contributed by atoms with Crippen molar-refractivity contribution >= 4 is 40.2 Å². The van der Waals surface area contributed by atoms with Crippen LogP contribution in [0.5, 0.6) is 5.75 Å². The fourth-order valence-corrected chi connectivity index (χ4v) is 4.62. The van der Waals surface area contributed by atoms with Gasteiger partial charge >= 0.3 is 12.4 Å². The maximum Gasteiger partial charge on any atom is 0.573 e. The van der Waals surface area contributed by atoms with Crippen molar-refractivity contribution in [3.63, 3.8) is 0 Å². The van der Waals surface area contributed by atoms with Crippen LogP contribution < -0.4 is 15.0 Å². The van der Waals surface area contributed by atoms with Crippen LogP contribution in [-0.4, -0.2) is 44.0 Å². The number of rotatable bonds is 5. The monoisotopic (exact) mass is 552 g/mol. The Balaban J connectivity index is 1.25. The highest BCUT2D eigenvalue weighted by Crippen LogP contribution is 2.29. The lowest BCUT2D eigenvalue weighted by atomic mass is 10.2. The number of amides is 3. The molecule has 9 nitrogen and oxygen atoms in total. The lowest BCUT2D eigenvalue weighted by molar-refractivity contribution is -0.274. The van der Waals surface area contributed by atoms with E-state index in [1.165, 1.54) is 51.9 Å². The minimum Gasteiger partial charge on any atom is -0.406 e. The fourth-order valence-electron chi connectivity index (χ4n) is 3.76. The zero-order valence-corrected chi connectivity index (χ0v) is 21.0. The number of nitrogens with one attached hydrogen (secondary N) is 1. The summed E-state index contributed by atoms with van der Waals surface area (Å²) in [7, 11) is 0. The molecule has 198 valence electrons. The van der Waals surface area contributed by atoms with Crippen molar-refractivity contribution in [2.75, 3.05) is 16.0 Å². The minimum atomic E-state index is -4.77. The standard InChI is InChI=1S/C26H19F3N6O3S/c1-16-4-2-3-5-21(16)35-22(36)14-39-25(35)32-24(37)31-18-8-6-17(7-9-18)23-30-15-34(33-23)19-10-12-20(13-11-19)38-26(27,28)29/h2-13,15H,14H2,1H3,(H,31,37)/b32-25-. The van der Waals surface area contributed by atoms with E-state index in [4.69, 9.17) is 0 Å². The quantitative estimate of drug-likeness (QED) is 0.335. The van der Waals surface area contributed by atoms with E-state index in [-0.39, 0.29) is 17.4 Å². The number of carbonyl (C=O) groups is 2. The van der Waals surface area contributed by atoms with Crippen molar-refractivity contribution < 1.29 is 27.5 Å². The van der Waals surface area contributed by atoms with Gasteiger partial charge in [0.05, 0.1) is 17.1 Å². The first-order valence-electron chi connectivity index (χ1n) is 11.5. The molecule has 1 saturated heterocycles. The van der Waals surface area contributed by atoms with Gasteiger partial charge in [-0.25, -0.2) is 14.5 Å². The number of carbonyl (C=O) groups excluding carboxylic acids is 2. The Hall–Kier alpha value is -4.65. The van der Waals surface area contributed by atoms with E-state index in [1.54, 1.807) is 30.3 Å². The van der Waals surface area contributed by atoms with Gasteiger partial charge in [-0.05, 0) is 67.1 Å². The predicted molar refractivity (Wildman–Crippen MR) is 141 cm³/mol. The molecule has 1 fully saturated rings. The number of urea groups is 1. The summed E-state index contributed by atoms with van der Waals surface area (Å²) in [4.78, 5) is 34.8. The number of amidine groups is 1. The molecule has 5 rings (SSSR count). The number of para-hydroxylation sites is 1. The first-order valence-corrected chi connectivity index (χ1v) is 12.4. The number of halogens is 3. The van der Waals surface area contributed by atoms with E-state index in [2.05, 4.69) is 25.1 Å². The zero-order valence-electron chi connectivity index (χ0n) is 20.2. The Kier molecular flexibility index (Phi) is 7.07. The van der Waals surface area contributed by atoms with Gasteiger partial charge in [-0.3, -0.25) is 9.69 Å². The maximum atomic E-state index is 12.6. The molecule has 1 aromatic heterocycles. The number of hydrogen-bond acceptors (Lipinski definition) is 6. The Morgan fingerprint density at radius 1 is 1.05 bits per heavy atom. The number of ether oxygens (including phenoxy) is 1. The number of aliphatic imine (C=N–C) groups is 1. The second-order valence-electron chi connectivity index (χ2n) is 8.26. The normalized spacial score (nSPS) is 14.6. The van der Waals surface area contributed by atoms with Crippen LogP contribution in [0.15, 0.2) is 84.1 Å². The molecule has 0 bridgehead atoms. The highest BCUT2D eigenvalue weighted by molar-refractivity contribution is 8.15. The number of thioether (sulfide) groups is 1. The molecule has 0 unspecified atom stereocenters. The molecule has 0 spiro atoms. The molecular weight excluding hydrogens is 533 g/mol. The van der Waals surface area contributed by atoms with Gasteiger partial charge in [0, 0.05) is 11.3 Å². The summed E-state index contributed by atoms with van der Waals surface area (Å²) in [5, 5.41) is 7.35. The Morgan fingerprint density at radius 2 is 1.77 bits per heavy atom. The van der Waals surface area contributed by atoms with Gasteiger partial charge in [0.25, 0.3) is 0 Å². The van der Waals surface area contributed by atoms with E-state index in [1.807, 2.05) is 25.1 Å². The number of aromatic nitrogens is 3. The molecular formula is C26H19F3N6O3S. The largest absolute Gasteiger partial charge is 0.573 e. The van der Waals surface area contributed by atoms with Crippen molar-refractivity contribution in [1.82, 2.24) is 14.8 Å². The van der Waals surface area contributed by atoms with Gasteiger partial charge in [0.1, 0.15) is 12.1 Å².